The first-order chi connectivity index (χ1) is 17.2. The lowest BCUT2D eigenvalue weighted by Crippen LogP contribution is -2.31. The Morgan fingerprint density at radius 2 is 1.32 bits per heavy atom. The van der Waals surface area contributed by atoms with Crippen LogP contribution in [0.2, 0.25) is 0 Å². The zero-order valence-corrected chi connectivity index (χ0v) is 23.6. The van der Waals surface area contributed by atoms with Crippen molar-refractivity contribution in [2.24, 2.45) is 0 Å². The normalized spacial score (nSPS) is 12.0. The van der Waals surface area contributed by atoms with Crippen LogP contribution in [0.5, 0.6) is 23.0 Å². The molecule has 0 amide bonds. The third-order valence-corrected chi connectivity index (χ3v) is 5.39. The van der Waals surface area contributed by atoms with Crippen LogP contribution < -0.4 is 18.9 Å². The summed E-state index contributed by atoms with van der Waals surface area (Å²) in [5.74, 6) is 2.97. The van der Waals surface area contributed by atoms with Gasteiger partial charge in [-0.25, -0.2) is 0 Å². The third-order valence-electron chi connectivity index (χ3n) is 5.39. The SMILES string of the molecule is COc1ccc(OC(C)(C)C)cc1-c1c(CC(C)(C)Oc2ccc(C#N)cc2)cccc1OC(C)(C)C. The van der Waals surface area contributed by atoms with E-state index < -0.39 is 11.2 Å². The number of nitrogens with zero attached hydrogens (tertiary/aromatic N) is 1. The maximum atomic E-state index is 9.10. The molecule has 0 heterocycles. The molecule has 0 spiro atoms. The maximum Gasteiger partial charge on any atom is 0.128 e. The van der Waals surface area contributed by atoms with Gasteiger partial charge in [-0.3, -0.25) is 0 Å². The highest BCUT2D eigenvalue weighted by Crippen LogP contribution is 2.43. The summed E-state index contributed by atoms with van der Waals surface area (Å²) in [5, 5.41) is 9.10. The lowest BCUT2D eigenvalue weighted by Gasteiger charge is -2.30. The number of hydrogen-bond donors (Lipinski definition) is 0. The van der Waals surface area contributed by atoms with Gasteiger partial charge in [0.05, 0.1) is 18.7 Å². The van der Waals surface area contributed by atoms with E-state index in [0.29, 0.717) is 17.7 Å². The van der Waals surface area contributed by atoms with Crippen molar-refractivity contribution in [3.05, 3.63) is 71.8 Å². The molecule has 0 N–H and O–H groups in total. The van der Waals surface area contributed by atoms with Crippen molar-refractivity contribution < 1.29 is 18.9 Å². The molecule has 0 atom stereocenters. The van der Waals surface area contributed by atoms with Crippen LogP contribution in [0.4, 0.5) is 0 Å². The molecule has 0 aromatic heterocycles. The van der Waals surface area contributed by atoms with Crippen molar-refractivity contribution in [1.82, 2.24) is 0 Å². The Morgan fingerprint density at radius 1 is 0.703 bits per heavy atom. The van der Waals surface area contributed by atoms with Crippen molar-refractivity contribution in [3.63, 3.8) is 0 Å². The minimum Gasteiger partial charge on any atom is -0.496 e. The topological polar surface area (TPSA) is 60.7 Å². The quantitative estimate of drug-likeness (QED) is 0.313. The Bertz CT molecular complexity index is 1260. The molecule has 0 unspecified atom stereocenters. The van der Waals surface area contributed by atoms with E-state index in [4.69, 9.17) is 24.2 Å². The fourth-order valence-electron chi connectivity index (χ4n) is 4.16. The lowest BCUT2D eigenvalue weighted by molar-refractivity contribution is 0.109. The van der Waals surface area contributed by atoms with Crippen molar-refractivity contribution >= 4 is 0 Å². The minimum absolute atomic E-state index is 0.340. The molecule has 0 fully saturated rings. The van der Waals surface area contributed by atoms with E-state index in [2.05, 4.69) is 26.0 Å². The number of hydrogen-bond acceptors (Lipinski definition) is 5. The molecule has 0 radical (unpaired) electrons. The smallest absolute Gasteiger partial charge is 0.128 e. The zero-order valence-electron chi connectivity index (χ0n) is 23.6. The van der Waals surface area contributed by atoms with Crippen molar-refractivity contribution in [1.29, 1.82) is 5.26 Å². The summed E-state index contributed by atoms with van der Waals surface area (Å²) in [6, 6.07) is 21.3. The second-order valence-electron chi connectivity index (χ2n) is 11.8. The second kappa shape index (κ2) is 10.8. The molecular weight excluding hydrogens is 462 g/mol. The summed E-state index contributed by atoms with van der Waals surface area (Å²) in [5.41, 5.74) is 2.23. The fraction of sp³-hybridized carbons (Fsp3) is 0.406. The molecule has 37 heavy (non-hydrogen) atoms. The molecule has 0 aliphatic heterocycles. The Labute approximate surface area is 222 Å². The first-order valence-electron chi connectivity index (χ1n) is 12.6. The van der Waals surface area contributed by atoms with Gasteiger partial charge in [-0.2, -0.15) is 5.26 Å². The summed E-state index contributed by atoms with van der Waals surface area (Å²) in [6.07, 6.45) is 0.608. The largest absolute Gasteiger partial charge is 0.496 e. The number of ether oxygens (including phenoxy) is 4. The molecular formula is C32H39NO4. The van der Waals surface area contributed by atoms with Gasteiger partial charge in [0, 0.05) is 17.5 Å². The van der Waals surface area contributed by atoms with Gasteiger partial charge in [0.1, 0.15) is 39.8 Å². The van der Waals surface area contributed by atoms with Crippen molar-refractivity contribution in [3.8, 4) is 40.2 Å². The van der Waals surface area contributed by atoms with Gasteiger partial charge in [-0.1, -0.05) is 12.1 Å². The van der Waals surface area contributed by atoms with E-state index in [9.17, 15) is 0 Å². The Hall–Kier alpha value is -3.65. The Balaban J connectivity index is 2.11. The molecule has 5 heteroatoms. The van der Waals surface area contributed by atoms with Gasteiger partial charge in [-0.05, 0) is 109 Å². The average molecular weight is 502 g/mol. The highest BCUT2D eigenvalue weighted by atomic mass is 16.5. The standard InChI is InChI=1S/C32H39NO4/c1-30(2,3)35-25-17-18-27(34-9)26(19-25)29-23(11-10-12-28(29)37-31(4,5)6)20-32(7,8)36-24-15-13-22(21-33)14-16-24/h10-19H,20H2,1-9H3. The number of methoxy groups -OCH3 is 1. The van der Waals surface area contributed by atoms with Crippen LogP contribution in [0.3, 0.4) is 0 Å². The van der Waals surface area contributed by atoms with Gasteiger partial charge in [0.15, 0.2) is 0 Å². The van der Waals surface area contributed by atoms with Gasteiger partial charge < -0.3 is 18.9 Å². The van der Waals surface area contributed by atoms with Crippen LogP contribution in [0.1, 0.15) is 66.5 Å². The van der Waals surface area contributed by atoms with Gasteiger partial charge in [-0.15, -0.1) is 0 Å². The number of rotatable bonds is 8. The van der Waals surface area contributed by atoms with E-state index in [1.165, 1.54) is 0 Å². The molecule has 0 bridgehead atoms. The number of benzene rings is 3. The molecule has 0 aliphatic rings. The van der Waals surface area contributed by atoms with Gasteiger partial charge in [0.2, 0.25) is 0 Å². The summed E-state index contributed by atoms with van der Waals surface area (Å²) in [6.45, 7) is 16.3. The van der Waals surface area contributed by atoms with Crippen LogP contribution >= 0.6 is 0 Å². The van der Waals surface area contributed by atoms with E-state index in [-0.39, 0.29) is 5.60 Å². The average Bonchev–Trinajstić information content (AvgIpc) is 2.77. The van der Waals surface area contributed by atoms with Crippen LogP contribution in [0.15, 0.2) is 60.7 Å². The van der Waals surface area contributed by atoms with E-state index in [1.807, 2.05) is 84.0 Å². The predicted molar refractivity (Wildman–Crippen MR) is 149 cm³/mol. The van der Waals surface area contributed by atoms with Gasteiger partial charge >= 0.3 is 0 Å². The monoisotopic (exact) mass is 501 g/mol. The van der Waals surface area contributed by atoms with Crippen molar-refractivity contribution in [2.45, 2.75) is 78.6 Å². The first-order valence-corrected chi connectivity index (χ1v) is 12.6. The minimum atomic E-state index is -0.546. The fourth-order valence-corrected chi connectivity index (χ4v) is 4.16. The van der Waals surface area contributed by atoms with Crippen LogP contribution in [0.25, 0.3) is 11.1 Å². The molecule has 3 aromatic carbocycles. The van der Waals surface area contributed by atoms with Crippen molar-refractivity contribution in [2.75, 3.05) is 7.11 Å². The van der Waals surface area contributed by atoms with Gasteiger partial charge in [0.25, 0.3) is 0 Å². The Morgan fingerprint density at radius 3 is 1.89 bits per heavy atom. The summed E-state index contributed by atoms with van der Waals surface area (Å²) in [7, 11) is 1.67. The molecule has 3 aromatic rings. The molecule has 0 saturated heterocycles. The first kappa shape index (κ1) is 27.9. The molecule has 3 rings (SSSR count). The zero-order chi connectivity index (χ0) is 27.4. The van der Waals surface area contributed by atoms with Crippen LogP contribution in [-0.2, 0) is 6.42 Å². The molecule has 196 valence electrons. The number of nitriles is 1. The maximum absolute atomic E-state index is 9.10. The summed E-state index contributed by atoms with van der Waals surface area (Å²) < 4.78 is 24.8. The third kappa shape index (κ3) is 7.92. The van der Waals surface area contributed by atoms with Crippen LogP contribution in [-0.4, -0.2) is 23.9 Å². The second-order valence-corrected chi connectivity index (χ2v) is 11.8. The molecule has 0 aliphatic carbocycles. The van der Waals surface area contributed by atoms with E-state index >= 15 is 0 Å². The highest BCUT2D eigenvalue weighted by molar-refractivity contribution is 5.80. The Kier molecular flexibility index (Phi) is 8.12. The predicted octanol–water partition coefficient (Wildman–Crippen LogP) is 7.99. The summed E-state index contributed by atoms with van der Waals surface area (Å²) in [4.78, 5) is 0. The lowest BCUT2D eigenvalue weighted by atomic mass is 9.90. The molecule has 0 saturated carbocycles. The van der Waals surface area contributed by atoms with E-state index in [0.717, 1.165) is 33.9 Å². The molecule has 5 nitrogen and oxygen atoms in total. The van der Waals surface area contributed by atoms with Crippen LogP contribution in [0, 0.1) is 11.3 Å². The van der Waals surface area contributed by atoms with E-state index in [1.54, 1.807) is 19.2 Å². The highest BCUT2D eigenvalue weighted by Gasteiger charge is 2.27. The summed E-state index contributed by atoms with van der Waals surface area (Å²) >= 11 is 0.